The normalized spacial score (nSPS) is 12.5. The third kappa shape index (κ3) is 2.02. The molecule has 1 atom stereocenters. The van der Waals surface area contributed by atoms with Crippen LogP contribution in [-0.4, -0.2) is 10.0 Å². The van der Waals surface area contributed by atoms with Gasteiger partial charge >= 0.3 is 5.69 Å². The van der Waals surface area contributed by atoms with E-state index < -0.39 is 11.0 Å². The monoisotopic (exact) mass is 260 g/mol. The van der Waals surface area contributed by atoms with E-state index >= 15 is 0 Å². The Labute approximate surface area is 88.8 Å². The summed E-state index contributed by atoms with van der Waals surface area (Å²) < 4.78 is 0.523. The Hall–Kier alpha value is -1.14. The Morgan fingerprint density at radius 1 is 1.64 bits per heavy atom. The molecule has 1 rings (SSSR count). The number of nitro groups is 1. The second-order valence-electron chi connectivity index (χ2n) is 2.91. The van der Waals surface area contributed by atoms with Crippen molar-refractivity contribution in [3.05, 3.63) is 32.3 Å². The van der Waals surface area contributed by atoms with Gasteiger partial charge in [0, 0.05) is 22.1 Å². The molecule has 0 amide bonds. The molecule has 0 unspecified atom stereocenters. The zero-order chi connectivity index (χ0) is 10.9. The largest absolute Gasteiger partial charge is 0.502 e. The first-order chi connectivity index (χ1) is 6.43. The minimum absolute atomic E-state index is 0.341. The van der Waals surface area contributed by atoms with Gasteiger partial charge in [0.25, 0.3) is 0 Å². The van der Waals surface area contributed by atoms with E-state index in [1.54, 1.807) is 13.0 Å². The van der Waals surface area contributed by atoms with Gasteiger partial charge in [-0.3, -0.25) is 10.1 Å². The SMILES string of the molecule is C[C@H](N)c1cc(Br)cc([N+](=O)[O-])c1O. The fraction of sp³-hybridized carbons (Fsp3) is 0.250. The minimum atomic E-state index is -0.647. The summed E-state index contributed by atoms with van der Waals surface area (Å²) >= 11 is 3.11. The highest BCUT2D eigenvalue weighted by atomic mass is 79.9. The number of benzene rings is 1. The fourth-order valence-corrected chi connectivity index (χ4v) is 1.56. The van der Waals surface area contributed by atoms with Gasteiger partial charge in [0.2, 0.25) is 0 Å². The van der Waals surface area contributed by atoms with Gasteiger partial charge in [0.05, 0.1) is 4.92 Å². The van der Waals surface area contributed by atoms with E-state index in [1.807, 2.05) is 0 Å². The molecule has 0 aromatic heterocycles. The molecule has 0 radical (unpaired) electrons. The molecule has 76 valence electrons. The molecule has 6 heteroatoms. The number of phenolic OH excluding ortho intramolecular Hbond substituents is 1. The number of nitrogens with two attached hydrogens (primary N) is 1. The van der Waals surface area contributed by atoms with Crippen molar-refractivity contribution in [3.63, 3.8) is 0 Å². The summed E-state index contributed by atoms with van der Waals surface area (Å²) in [4.78, 5) is 9.89. The number of halogens is 1. The molecule has 0 aliphatic heterocycles. The van der Waals surface area contributed by atoms with E-state index in [4.69, 9.17) is 5.73 Å². The van der Waals surface area contributed by atoms with E-state index in [2.05, 4.69) is 15.9 Å². The topological polar surface area (TPSA) is 89.4 Å². The number of phenols is 1. The molecule has 0 aliphatic carbocycles. The molecule has 0 saturated carbocycles. The van der Waals surface area contributed by atoms with Crippen molar-refractivity contribution < 1.29 is 10.0 Å². The molecule has 14 heavy (non-hydrogen) atoms. The lowest BCUT2D eigenvalue weighted by atomic mass is 10.1. The molecule has 0 bridgehead atoms. The van der Waals surface area contributed by atoms with Gasteiger partial charge in [-0.1, -0.05) is 15.9 Å². The average Bonchev–Trinajstić information content (AvgIpc) is 2.07. The van der Waals surface area contributed by atoms with Crippen LogP contribution in [0.25, 0.3) is 0 Å². The van der Waals surface area contributed by atoms with Gasteiger partial charge in [-0.15, -0.1) is 0 Å². The molecule has 0 saturated heterocycles. The average molecular weight is 261 g/mol. The molecular formula is C8H9BrN2O3. The van der Waals surface area contributed by atoms with Gasteiger partial charge in [0.1, 0.15) is 0 Å². The standard InChI is InChI=1S/C8H9BrN2O3/c1-4(10)6-2-5(9)3-7(8(6)12)11(13)14/h2-4,12H,10H2,1H3/t4-/m0/s1. The maximum Gasteiger partial charge on any atom is 0.312 e. The number of hydrogen-bond acceptors (Lipinski definition) is 4. The van der Waals surface area contributed by atoms with Crippen molar-refractivity contribution in [3.8, 4) is 5.75 Å². The van der Waals surface area contributed by atoms with Crippen molar-refractivity contribution in [1.82, 2.24) is 0 Å². The van der Waals surface area contributed by atoms with E-state index in [1.165, 1.54) is 6.07 Å². The molecule has 0 aliphatic rings. The molecule has 3 N–H and O–H groups in total. The van der Waals surface area contributed by atoms with Crippen LogP contribution in [0.3, 0.4) is 0 Å². The van der Waals surface area contributed by atoms with Crippen molar-refractivity contribution in [2.24, 2.45) is 5.73 Å². The second kappa shape index (κ2) is 3.93. The van der Waals surface area contributed by atoms with E-state index in [0.717, 1.165) is 0 Å². The molecular weight excluding hydrogens is 252 g/mol. The molecule has 1 aromatic rings. The van der Waals surface area contributed by atoms with Gasteiger partial charge in [-0.05, 0) is 13.0 Å². The van der Waals surface area contributed by atoms with Gasteiger partial charge < -0.3 is 10.8 Å². The Bertz CT molecular complexity index is 379. The third-order valence-electron chi connectivity index (χ3n) is 1.77. The van der Waals surface area contributed by atoms with Crippen LogP contribution in [0.4, 0.5) is 5.69 Å². The highest BCUT2D eigenvalue weighted by Crippen LogP contribution is 2.35. The summed E-state index contributed by atoms with van der Waals surface area (Å²) in [5, 5.41) is 20.0. The lowest BCUT2D eigenvalue weighted by molar-refractivity contribution is -0.386. The number of nitrogens with zero attached hydrogens (tertiary/aromatic N) is 1. The number of nitro benzene ring substituents is 1. The van der Waals surface area contributed by atoms with Crippen LogP contribution < -0.4 is 5.73 Å². The van der Waals surface area contributed by atoms with Gasteiger partial charge in [-0.2, -0.15) is 0 Å². The maximum absolute atomic E-state index is 10.5. The Balaban J connectivity index is 3.40. The molecule has 0 heterocycles. The van der Waals surface area contributed by atoms with Crippen molar-refractivity contribution in [2.45, 2.75) is 13.0 Å². The van der Waals surface area contributed by atoms with Crippen LogP contribution in [0.1, 0.15) is 18.5 Å². The zero-order valence-corrected chi connectivity index (χ0v) is 8.98. The van der Waals surface area contributed by atoms with Crippen LogP contribution in [0, 0.1) is 10.1 Å². The number of hydrogen-bond donors (Lipinski definition) is 2. The number of rotatable bonds is 2. The summed E-state index contributed by atoms with van der Waals surface area (Å²) in [6, 6.07) is 2.35. The summed E-state index contributed by atoms with van der Waals surface area (Å²) in [5.74, 6) is -0.367. The first kappa shape index (κ1) is 10.9. The molecule has 0 fully saturated rings. The molecule has 5 nitrogen and oxygen atoms in total. The number of aromatic hydroxyl groups is 1. The summed E-state index contributed by atoms with van der Waals surface area (Å²) in [6.45, 7) is 1.64. The van der Waals surface area contributed by atoms with Crippen LogP contribution in [0.5, 0.6) is 5.75 Å². The minimum Gasteiger partial charge on any atom is -0.502 e. The fourth-order valence-electron chi connectivity index (χ4n) is 1.09. The zero-order valence-electron chi connectivity index (χ0n) is 7.40. The predicted molar refractivity (Wildman–Crippen MR) is 55.1 cm³/mol. The lowest BCUT2D eigenvalue weighted by Gasteiger charge is -2.08. The Morgan fingerprint density at radius 3 is 2.64 bits per heavy atom. The first-order valence-corrected chi connectivity index (χ1v) is 4.65. The Kier molecular flexibility index (Phi) is 3.07. The van der Waals surface area contributed by atoms with Crippen molar-refractivity contribution in [1.29, 1.82) is 0 Å². The smallest absolute Gasteiger partial charge is 0.312 e. The van der Waals surface area contributed by atoms with Crippen LogP contribution in [-0.2, 0) is 0 Å². The summed E-state index contributed by atoms with van der Waals surface area (Å²) in [6.07, 6.45) is 0. The van der Waals surface area contributed by atoms with Gasteiger partial charge in [-0.25, -0.2) is 0 Å². The van der Waals surface area contributed by atoms with Gasteiger partial charge in [0.15, 0.2) is 5.75 Å². The van der Waals surface area contributed by atoms with Crippen molar-refractivity contribution >= 4 is 21.6 Å². The van der Waals surface area contributed by atoms with E-state index in [9.17, 15) is 15.2 Å². The quantitative estimate of drug-likeness (QED) is 0.630. The highest BCUT2D eigenvalue weighted by molar-refractivity contribution is 9.10. The van der Waals surface area contributed by atoms with Crippen LogP contribution in [0.2, 0.25) is 0 Å². The van der Waals surface area contributed by atoms with Crippen molar-refractivity contribution in [2.75, 3.05) is 0 Å². The predicted octanol–water partition coefficient (Wildman–Crippen LogP) is 2.08. The highest BCUT2D eigenvalue weighted by Gasteiger charge is 2.19. The van der Waals surface area contributed by atoms with Crippen LogP contribution in [0.15, 0.2) is 16.6 Å². The maximum atomic E-state index is 10.5. The third-order valence-corrected chi connectivity index (χ3v) is 2.23. The molecule has 1 aromatic carbocycles. The van der Waals surface area contributed by atoms with Crippen LogP contribution >= 0.6 is 15.9 Å². The summed E-state index contributed by atoms with van der Waals surface area (Å²) in [7, 11) is 0. The first-order valence-electron chi connectivity index (χ1n) is 3.86. The second-order valence-corrected chi connectivity index (χ2v) is 3.82. The lowest BCUT2D eigenvalue weighted by Crippen LogP contribution is -2.06. The Morgan fingerprint density at radius 2 is 2.21 bits per heavy atom. The molecule has 0 spiro atoms. The van der Waals surface area contributed by atoms with E-state index in [0.29, 0.717) is 10.0 Å². The van der Waals surface area contributed by atoms with E-state index in [-0.39, 0.29) is 11.4 Å². The summed E-state index contributed by atoms with van der Waals surface area (Å²) in [5.41, 5.74) is 5.56.